The van der Waals surface area contributed by atoms with E-state index in [9.17, 15) is 0 Å². The van der Waals surface area contributed by atoms with Gasteiger partial charge in [0.25, 0.3) is 0 Å². The van der Waals surface area contributed by atoms with E-state index in [1.807, 2.05) is 0 Å². The monoisotopic (exact) mass is 248 g/mol. The van der Waals surface area contributed by atoms with E-state index in [0.29, 0.717) is 0 Å². The summed E-state index contributed by atoms with van der Waals surface area (Å²) in [5, 5.41) is 0. The van der Waals surface area contributed by atoms with Gasteiger partial charge in [-0.1, -0.05) is 47.7 Å². The van der Waals surface area contributed by atoms with Crippen LogP contribution in [-0.2, 0) is 0 Å². The van der Waals surface area contributed by atoms with Gasteiger partial charge in [-0.05, 0) is 24.8 Å². The number of allylic oxidation sites excluding steroid dienone is 4. The molecule has 1 aliphatic rings. The van der Waals surface area contributed by atoms with E-state index in [1.54, 1.807) is 0 Å². The van der Waals surface area contributed by atoms with Gasteiger partial charge in [0.05, 0.1) is 0 Å². The lowest BCUT2D eigenvalue weighted by molar-refractivity contribution is 0.931. The predicted octanol–water partition coefficient (Wildman–Crippen LogP) is 3.48. The lowest BCUT2D eigenvalue weighted by Crippen LogP contribution is -1.99. The van der Waals surface area contributed by atoms with Gasteiger partial charge in [0, 0.05) is 3.92 Å². The molecule has 1 rings (SSSR count). The molecular formula is C9H13I. The van der Waals surface area contributed by atoms with Crippen LogP contribution in [-0.4, -0.2) is 3.92 Å². The highest BCUT2D eigenvalue weighted by atomic mass is 127. The summed E-state index contributed by atoms with van der Waals surface area (Å²) in [6.07, 6.45) is 10.6. The fourth-order valence-electron chi connectivity index (χ4n) is 1.10. The van der Waals surface area contributed by atoms with E-state index in [0.717, 1.165) is 3.92 Å². The highest BCUT2D eigenvalue weighted by molar-refractivity contribution is 14.1. The Balaban J connectivity index is 2.54. The number of alkyl halides is 1. The molecule has 1 atom stereocenters. The topological polar surface area (TPSA) is 0 Å². The van der Waals surface area contributed by atoms with Crippen LogP contribution in [0.5, 0.6) is 0 Å². The molecule has 0 aliphatic heterocycles. The van der Waals surface area contributed by atoms with Gasteiger partial charge in [-0.15, -0.1) is 0 Å². The van der Waals surface area contributed by atoms with Gasteiger partial charge in [-0.3, -0.25) is 0 Å². The number of rotatable bonds is 2. The largest absolute Gasteiger partial charge is 0.0839 e. The maximum Gasteiger partial charge on any atom is 0.0353 e. The van der Waals surface area contributed by atoms with Crippen LogP contribution in [0.25, 0.3) is 0 Å². The molecule has 1 heteroatoms. The van der Waals surface area contributed by atoms with Crippen LogP contribution in [0.3, 0.4) is 0 Å². The van der Waals surface area contributed by atoms with Gasteiger partial charge in [-0.2, -0.15) is 0 Å². The zero-order valence-electron chi connectivity index (χ0n) is 6.31. The zero-order chi connectivity index (χ0) is 7.40. The van der Waals surface area contributed by atoms with Gasteiger partial charge in [0.1, 0.15) is 0 Å². The predicted molar refractivity (Wildman–Crippen MR) is 54.6 cm³/mol. The highest BCUT2D eigenvalue weighted by Crippen LogP contribution is 2.21. The van der Waals surface area contributed by atoms with Crippen molar-refractivity contribution in [3.8, 4) is 0 Å². The average Bonchev–Trinajstić information content (AvgIpc) is 2.05. The minimum absolute atomic E-state index is 0.731. The van der Waals surface area contributed by atoms with Crippen LogP contribution in [0, 0.1) is 0 Å². The Morgan fingerprint density at radius 1 is 1.60 bits per heavy atom. The summed E-state index contributed by atoms with van der Waals surface area (Å²) in [6.45, 7) is 2.24. The first-order chi connectivity index (χ1) is 4.84. The zero-order valence-corrected chi connectivity index (χ0v) is 8.47. The van der Waals surface area contributed by atoms with E-state index in [-0.39, 0.29) is 0 Å². The number of hydrogen-bond acceptors (Lipinski definition) is 0. The summed E-state index contributed by atoms with van der Waals surface area (Å²) >= 11 is 2.51. The molecule has 1 aliphatic carbocycles. The molecular weight excluding hydrogens is 235 g/mol. The smallest absolute Gasteiger partial charge is 0.0353 e. The molecule has 0 fully saturated rings. The molecule has 0 saturated heterocycles. The van der Waals surface area contributed by atoms with Gasteiger partial charge in [0.15, 0.2) is 0 Å². The van der Waals surface area contributed by atoms with Crippen LogP contribution in [0.15, 0.2) is 23.8 Å². The molecule has 0 N–H and O–H groups in total. The second-order valence-corrected chi connectivity index (χ2v) is 4.06. The van der Waals surface area contributed by atoms with Crippen molar-refractivity contribution in [2.24, 2.45) is 0 Å². The van der Waals surface area contributed by atoms with Crippen molar-refractivity contribution < 1.29 is 0 Å². The molecule has 10 heavy (non-hydrogen) atoms. The van der Waals surface area contributed by atoms with Gasteiger partial charge in [0.2, 0.25) is 0 Å². The van der Waals surface area contributed by atoms with Crippen molar-refractivity contribution in [3.63, 3.8) is 0 Å². The summed E-state index contributed by atoms with van der Waals surface area (Å²) in [6, 6.07) is 0. The third-order valence-electron chi connectivity index (χ3n) is 1.74. The Kier molecular flexibility index (Phi) is 3.46. The number of hydrogen-bond donors (Lipinski definition) is 0. The Bertz CT molecular complexity index is 156. The molecule has 0 aromatic heterocycles. The summed E-state index contributed by atoms with van der Waals surface area (Å²) in [7, 11) is 0. The molecule has 0 aromatic carbocycles. The van der Waals surface area contributed by atoms with Crippen LogP contribution >= 0.6 is 22.6 Å². The third kappa shape index (κ3) is 2.11. The summed E-state index contributed by atoms with van der Waals surface area (Å²) in [4.78, 5) is 0. The van der Waals surface area contributed by atoms with Crippen molar-refractivity contribution in [2.45, 2.75) is 30.1 Å². The molecule has 56 valence electrons. The molecule has 0 radical (unpaired) electrons. The number of halogens is 1. The second kappa shape index (κ2) is 4.16. The van der Waals surface area contributed by atoms with Crippen molar-refractivity contribution in [3.05, 3.63) is 23.8 Å². The first-order valence-corrected chi connectivity index (χ1v) is 5.10. The van der Waals surface area contributed by atoms with Crippen LogP contribution in [0.2, 0.25) is 0 Å². The van der Waals surface area contributed by atoms with Crippen molar-refractivity contribution in [1.29, 1.82) is 0 Å². The summed E-state index contributed by atoms with van der Waals surface area (Å²) < 4.78 is 0.731. The van der Waals surface area contributed by atoms with E-state index in [4.69, 9.17) is 0 Å². The Morgan fingerprint density at radius 2 is 2.40 bits per heavy atom. The normalized spacial score (nSPS) is 20.4. The van der Waals surface area contributed by atoms with E-state index in [2.05, 4.69) is 47.7 Å². The van der Waals surface area contributed by atoms with Crippen LogP contribution < -0.4 is 0 Å². The average molecular weight is 248 g/mol. The molecule has 0 heterocycles. The quantitative estimate of drug-likeness (QED) is 0.518. The highest BCUT2D eigenvalue weighted by Gasteiger charge is 2.05. The van der Waals surface area contributed by atoms with E-state index >= 15 is 0 Å². The van der Waals surface area contributed by atoms with E-state index < -0.39 is 0 Å². The van der Waals surface area contributed by atoms with Crippen LogP contribution in [0.4, 0.5) is 0 Å². The van der Waals surface area contributed by atoms with Gasteiger partial charge < -0.3 is 0 Å². The standard InChI is InChI=1S/C9H13I/c1-2-9(10)8-6-4-3-5-7-8/h4,6-7,9H,2-3,5H2,1H3/t9-/m0/s1. The van der Waals surface area contributed by atoms with Crippen molar-refractivity contribution >= 4 is 22.6 Å². The molecule has 0 bridgehead atoms. The maximum absolute atomic E-state index is 2.51. The minimum atomic E-state index is 0.731. The van der Waals surface area contributed by atoms with Crippen molar-refractivity contribution in [1.82, 2.24) is 0 Å². The summed E-state index contributed by atoms with van der Waals surface area (Å²) in [5.74, 6) is 0. The van der Waals surface area contributed by atoms with Gasteiger partial charge in [-0.25, -0.2) is 0 Å². The van der Waals surface area contributed by atoms with Crippen molar-refractivity contribution in [2.75, 3.05) is 0 Å². The van der Waals surface area contributed by atoms with Crippen LogP contribution in [0.1, 0.15) is 26.2 Å². The lowest BCUT2D eigenvalue weighted by Gasteiger charge is -2.10. The molecule has 0 spiro atoms. The first kappa shape index (κ1) is 8.31. The Morgan fingerprint density at radius 3 is 2.90 bits per heavy atom. The second-order valence-electron chi connectivity index (χ2n) is 2.56. The fourth-order valence-corrected chi connectivity index (χ4v) is 1.56. The first-order valence-electron chi connectivity index (χ1n) is 3.85. The third-order valence-corrected chi connectivity index (χ3v) is 3.34. The Hall–Kier alpha value is 0.210. The fraction of sp³-hybridized carbons (Fsp3) is 0.556. The molecule has 0 aromatic rings. The SMILES string of the molecule is CC[C@H](I)C1=CCCC=C1. The molecule has 0 saturated carbocycles. The maximum atomic E-state index is 2.51. The molecule has 0 nitrogen and oxygen atoms in total. The van der Waals surface area contributed by atoms with E-state index in [1.165, 1.54) is 24.8 Å². The minimum Gasteiger partial charge on any atom is -0.0839 e. The molecule has 0 amide bonds. The Labute approximate surface area is 76.5 Å². The summed E-state index contributed by atoms with van der Waals surface area (Å²) in [5.41, 5.74) is 1.52. The molecule has 0 unspecified atom stereocenters. The van der Waals surface area contributed by atoms with Gasteiger partial charge >= 0.3 is 0 Å². The lowest BCUT2D eigenvalue weighted by atomic mass is 10.0.